The van der Waals surface area contributed by atoms with Crippen LogP contribution in [0.25, 0.3) is 0 Å². The summed E-state index contributed by atoms with van der Waals surface area (Å²) < 4.78 is 11.9. The van der Waals surface area contributed by atoms with Crippen molar-refractivity contribution in [3.63, 3.8) is 0 Å². The Hall–Kier alpha value is -1.46. The molecule has 104 valence electrons. The van der Waals surface area contributed by atoms with Gasteiger partial charge in [0.15, 0.2) is 11.5 Å². The third-order valence-corrected chi connectivity index (χ3v) is 3.63. The Balaban J connectivity index is 1.74. The summed E-state index contributed by atoms with van der Waals surface area (Å²) in [7, 11) is 0. The van der Waals surface area contributed by atoms with Crippen molar-refractivity contribution in [3.8, 4) is 11.5 Å². The van der Waals surface area contributed by atoms with Gasteiger partial charge in [-0.15, -0.1) is 0 Å². The van der Waals surface area contributed by atoms with Crippen molar-refractivity contribution in [2.75, 3.05) is 18.5 Å². The van der Waals surface area contributed by atoms with Crippen molar-refractivity contribution in [2.45, 2.75) is 6.54 Å². The molecule has 1 aliphatic heterocycles. The largest absolute Gasteiger partial charge is 0.486 e. The molecular formula is C14H12BrClN2O2. The monoisotopic (exact) mass is 354 g/mol. The van der Waals surface area contributed by atoms with Gasteiger partial charge in [-0.05, 0) is 45.8 Å². The van der Waals surface area contributed by atoms with Gasteiger partial charge < -0.3 is 14.8 Å². The smallest absolute Gasteiger partial charge is 0.179 e. The zero-order chi connectivity index (χ0) is 13.9. The first-order valence-electron chi connectivity index (χ1n) is 6.16. The molecule has 1 aliphatic rings. The van der Waals surface area contributed by atoms with Crippen LogP contribution in [0.15, 0.2) is 35.1 Å². The van der Waals surface area contributed by atoms with Crippen molar-refractivity contribution in [1.82, 2.24) is 4.98 Å². The summed E-state index contributed by atoms with van der Waals surface area (Å²) in [6, 6.07) is 7.67. The highest BCUT2D eigenvalue weighted by molar-refractivity contribution is 9.10. The van der Waals surface area contributed by atoms with Gasteiger partial charge in [0.05, 0.1) is 16.9 Å². The number of fused-ring (bicyclic) bond motifs is 1. The lowest BCUT2D eigenvalue weighted by atomic mass is 10.2. The van der Waals surface area contributed by atoms with Gasteiger partial charge in [0.2, 0.25) is 0 Å². The van der Waals surface area contributed by atoms with E-state index in [4.69, 9.17) is 21.1 Å². The van der Waals surface area contributed by atoms with Crippen LogP contribution in [0.1, 0.15) is 5.56 Å². The van der Waals surface area contributed by atoms with E-state index < -0.39 is 0 Å². The maximum atomic E-state index is 6.20. The maximum Gasteiger partial charge on any atom is 0.179 e. The van der Waals surface area contributed by atoms with Crippen LogP contribution in [-0.4, -0.2) is 18.2 Å². The molecule has 6 heteroatoms. The molecule has 4 nitrogen and oxygen atoms in total. The standard InChI is InChI=1S/C14H12BrClN2O2/c15-13-2-1-10(8-18-13)17-7-9-5-11(16)14-12(6-9)19-3-4-20-14/h1-2,5-6,8,17H,3-4,7H2. The summed E-state index contributed by atoms with van der Waals surface area (Å²) in [6.07, 6.45) is 1.77. The SMILES string of the molecule is Clc1cc(CNc2ccc(Br)nc2)cc2c1OCCO2. The number of ether oxygens (including phenoxy) is 2. The molecule has 0 atom stereocenters. The van der Waals surface area contributed by atoms with Gasteiger partial charge in [-0.2, -0.15) is 0 Å². The van der Waals surface area contributed by atoms with E-state index in [0.29, 0.717) is 36.3 Å². The Morgan fingerprint density at radius 1 is 1.25 bits per heavy atom. The zero-order valence-electron chi connectivity index (χ0n) is 10.5. The van der Waals surface area contributed by atoms with Crippen molar-refractivity contribution >= 4 is 33.2 Å². The molecule has 2 heterocycles. The average Bonchev–Trinajstić information content (AvgIpc) is 2.47. The van der Waals surface area contributed by atoms with E-state index >= 15 is 0 Å². The van der Waals surface area contributed by atoms with Gasteiger partial charge >= 0.3 is 0 Å². The van der Waals surface area contributed by atoms with Gasteiger partial charge in [0.1, 0.15) is 17.8 Å². The molecule has 0 saturated carbocycles. The third-order valence-electron chi connectivity index (χ3n) is 2.88. The fraction of sp³-hybridized carbons (Fsp3) is 0.214. The molecule has 0 radical (unpaired) electrons. The van der Waals surface area contributed by atoms with Crippen molar-refractivity contribution < 1.29 is 9.47 Å². The van der Waals surface area contributed by atoms with Crippen LogP contribution in [0.2, 0.25) is 5.02 Å². The lowest BCUT2D eigenvalue weighted by molar-refractivity contribution is 0.171. The first-order valence-corrected chi connectivity index (χ1v) is 7.33. The summed E-state index contributed by atoms with van der Waals surface area (Å²) in [5.74, 6) is 1.33. The number of rotatable bonds is 3. The number of anilines is 1. The van der Waals surface area contributed by atoms with Crippen LogP contribution in [0, 0.1) is 0 Å². The molecule has 3 rings (SSSR count). The first-order chi connectivity index (χ1) is 9.72. The summed E-state index contributed by atoms with van der Waals surface area (Å²) >= 11 is 9.50. The number of aromatic nitrogens is 1. The van der Waals surface area contributed by atoms with Gasteiger partial charge in [0, 0.05) is 6.54 Å². The summed E-state index contributed by atoms with van der Waals surface area (Å²) in [6.45, 7) is 1.73. The minimum atomic E-state index is 0.537. The number of hydrogen-bond acceptors (Lipinski definition) is 4. The Morgan fingerprint density at radius 2 is 2.10 bits per heavy atom. The van der Waals surface area contributed by atoms with E-state index in [1.165, 1.54) is 0 Å². The van der Waals surface area contributed by atoms with Crippen LogP contribution in [0.5, 0.6) is 11.5 Å². The van der Waals surface area contributed by atoms with E-state index in [2.05, 4.69) is 26.2 Å². The van der Waals surface area contributed by atoms with Gasteiger partial charge in [-0.25, -0.2) is 4.98 Å². The lowest BCUT2D eigenvalue weighted by Crippen LogP contribution is -2.16. The summed E-state index contributed by atoms with van der Waals surface area (Å²) in [4.78, 5) is 4.16. The molecule has 1 N–H and O–H groups in total. The predicted molar refractivity (Wildman–Crippen MR) is 81.7 cm³/mol. The second-order valence-corrected chi connectivity index (χ2v) is 5.54. The second-order valence-electron chi connectivity index (χ2n) is 4.32. The van der Waals surface area contributed by atoms with E-state index in [-0.39, 0.29) is 0 Å². The van der Waals surface area contributed by atoms with Crippen LogP contribution >= 0.6 is 27.5 Å². The second kappa shape index (κ2) is 5.89. The van der Waals surface area contributed by atoms with Crippen LogP contribution in [-0.2, 0) is 6.54 Å². The highest BCUT2D eigenvalue weighted by atomic mass is 79.9. The van der Waals surface area contributed by atoms with Gasteiger partial charge in [-0.3, -0.25) is 0 Å². The fourth-order valence-electron chi connectivity index (χ4n) is 1.95. The fourth-order valence-corrected chi connectivity index (χ4v) is 2.47. The molecule has 0 bridgehead atoms. The van der Waals surface area contributed by atoms with Crippen LogP contribution < -0.4 is 14.8 Å². The molecule has 0 spiro atoms. The van der Waals surface area contributed by atoms with Crippen molar-refractivity contribution in [3.05, 3.63) is 45.7 Å². The molecule has 1 aromatic carbocycles. The third kappa shape index (κ3) is 2.99. The van der Waals surface area contributed by atoms with Gasteiger partial charge in [0.25, 0.3) is 0 Å². The molecule has 0 amide bonds. The quantitative estimate of drug-likeness (QED) is 0.849. The topological polar surface area (TPSA) is 43.4 Å². The number of benzene rings is 1. The van der Waals surface area contributed by atoms with Crippen LogP contribution in [0.3, 0.4) is 0 Å². The number of halogens is 2. The van der Waals surface area contributed by atoms with E-state index in [1.54, 1.807) is 6.20 Å². The zero-order valence-corrected chi connectivity index (χ0v) is 12.9. The predicted octanol–water partition coefficient (Wildman–Crippen LogP) is 3.88. The normalized spacial score (nSPS) is 13.1. The first kappa shape index (κ1) is 13.5. The van der Waals surface area contributed by atoms with Crippen molar-refractivity contribution in [1.29, 1.82) is 0 Å². The van der Waals surface area contributed by atoms with Crippen LogP contribution in [0.4, 0.5) is 5.69 Å². The minimum Gasteiger partial charge on any atom is -0.486 e. The van der Waals surface area contributed by atoms with E-state index in [0.717, 1.165) is 15.9 Å². The molecule has 20 heavy (non-hydrogen) atoms. The summed E-state index contributed by atoms with van der Waals surface area (Å²) in [5.41, 5.74) is 1.97. The van der Waals surface area contributed by atoms with E-state index in [1.807, 2.05) is 24.3 Å². The maximum absolute atomic E-state index is 6.20. The molecule has 1 aromatic heterocycles. The molecule has 0 saturated heterocycles. The molecule has 2 aromatic rings. The number of pyridine rings is 1. The highest BCUT2D eigenvalue weighted by Crippen LogP contribution is 2.38. The Morgan fingerprint density at radius 3 is 2.90 bits per heavy atom. The number of nitrogens with zero attached hydrogens (tertiary/aromatic N) is 1. The van der Waals surface area contributed by atoms with Gasteiger partial charge in [-0.1, -0.05) is 11.6 Å². The Bertz CT molecular complexity index is 619. The highest BCUT2D eigenvalue weighted by Gasteiger charge is 2.16. The minimum absolute atomic E-state index is 0.537. The number of hydrogen-bond donors (Lipinski definition) is 1. The lowest BCUT2D eigenvalue weighted by Gasteiger charge is -2.20. The Labute approximate surface area is 130 Å². The molecular weight excluding hydrogens is 344 g/mol. The van der Waals surface area contributed by atoms with Crippen molar-refractivity contribution in [2.24, 2.45) is 0 Å². The molecule has 0 unspecified atom stereocenters. The molecule has 0 fully saturated rings. The Kier molecular flexibility index (Phi) is 3.98. The average molecular weight is 356 g/mol. The van der Waals surface area contributed by atoms with E-state index in [9.17, 15) is 0 Å². The number of nitrogens with one attached hydrogen (secondary N) is 1. The molecule has 0 aliphatic carbocycles. The summed E-state index contributed by atoms with van der Waals surface area (Å²) in [5, 5.41) is 3.86.